The number of hydrogen-bond donors (Lipinski definition) is 3. The van der Waals surface area contributed by atoms with Crippen molar-refractivity contribution in [2.45, 2.75) is 24.8 Å². The number of thiophene rings is 1. The molecule has 0 aliphatic heterocycles. The van der Waals surface area contributed by atoms with Crippen LogP contribution in [0.15, 0.2) is 70.9 Å². The fraction of sp³-hybridized carbons (Fsp3) is 0.182. The standard InChI is InChI=1S/C22H22ClN3O4S2/c1-14(2)20(25-21(27)19-7-4-12-31-19)22(28)24-16-5-3-6-17(13-16)26-32(29,30)18-10-8-15(23)9-11-18/h3-14,20,26H,1-2H3,(H,24,28)(H,25,27). The summed E-state index contributed by atoms with van der Waals surface area (Å²) in [6.07, 6.45) is 0. The van der Waals surface area contributed by atoms with E-state index in [0.717, 1.165) is 0 Å². The Morgan fingerprint density at radius 3 is 2.28 bits per heavy atom. The fourth-order valence-electron chi connectivity index (χ4n) is 2.86. The summed E-state index contributed by atoms with van der Waals surface area (Å²) in [7, 11) is -3.82. The minimum atomic E-state index is -3.82. The molecule has 1 unspecified atom stereocenters. The SMILES string of the molecule is CC(C)C(NC(=O)c1cccs1)C(=O)Nc1cccc(NS(=O)(=O)c2ccc(Cl)cc2)c1. The van der Waals surface area contributed by atoms with E-state index in [9.17, 15) is 18.0 Å². The largest absolute Gasteiger partial charge is 0.339 e. The number of rotatable bonds is 8. The average Bonchev–Trinajstić information content (AvgIpc) is 3.27. The molecule has 2 aromatic carbocycles. The van der Waals surface area contributed by atoms with Crippen LogP contribution in [0, 0.1) is 5.92 Å². The normalized spacial score (nSPS) is 12.2. The van der Waals surface area contributed by atoms with Crippen molar-refractivity contribution in [2.75, 3.05) is 10.0 Å². The van der Waals surface area contributed by atoms with Gasteiger partial charge < -0.3 is 10.6 Å². The lowest BCUT2D eigenvalue weighted by Crippen LogP contribution is -2.46. The van der Waals surface area contributed by atoms with Gasteiger partial charge in [-0.2, -0.15) is 0 Å². The van der Waals surface area contributed by atoms with Crippen LogP contribution in [0.5, 0.6) is 0 Å². The highest BCUT2D eigenvalue weighted by atomic mass is 35.5. The van der Waals surface area contributed by atoms with Gasteiger partial charge in [-0.15, -0.1) is 11.3 Å². The number of hydrogen-bond acceptors (Lipinski definition) is 5. The molecule has 3 rings (SSSR count). The van der Waals surface area contributed by atoms with Gasteiger partial charge >= 0.3 is 0 Å². The van der Waals surface area contributed by atoms with Crippen molar-refractivity contribution in [3.05, 3.63) is 75.9 Å². The molecule has 32 heavy (non-hydrogen) atoms. The van der Waals surface area contributed by atoms with E-state index in [4.69, 9.17) is 11.6 Å². The molecular formula is C22H22ClN3O4S2. The average molecular weight is 492 g/mol. The van der Waals surface area contributed by atoms with Crippen LogP contribution in [0.25, 0.3) is 0 Å². The second kappa shape index (κ2) is 10.2. The van der Waals surface area contributed by atoms with Gasteiger partial charge in [0.05, 0.1) is 15.5 Å². The quantitative estimate of drug-likeness (QED) is 0.428. The zero-order valence-corrected chi connectivity index (χ0v) is 19.7. The van der Waals surface area contributed by atoms with Crippen molar-refractivity contribution in [1.29, 1.82) is 0 Å². The number of carbonyl (C=O) groups is 2. The molecule has 0 saturated carbocycles. The van der Waals surface area contributed by atoms with Gasteiger partial charge in [0.25, 0.3) is 15.9 Å². The Kier molecular flexibility index (Phi) is 7.55. The fourth-order valence-corrected chi connectivity index (χ4v) is 4.67. The van der Waals surface area contributed by atoms with E-state index < -0.39 is 22.0 Å². The van der Waals surface area contributed by atoms with E-state index in [2.05, 4.69) is 15.4 Å². The molecule has 0 aliphatic rings. The number of sulfonamides is 1. The maximum absolute atomic E-state index is 12.8. The molecule has 1 heterocycles. The second-order valence-corrected chi connectivity index (χ2v) is 10.4. The van der Waals surface area contributed by atoms with Gasteiger partial charge in [-0.1, -0.05) is 37.6 Å². The monoisotopic (exact) mass is 491 g/mol. The summed E-state index contributed by atoms with van der Waals surface area (Å²) in [5.74, 6) is -0.883. The van der Waals surface area contributed by atoms with Gasteiger partial charge in [-0.3, -0.25) is 14.3 Å². The highest BCUT2D eigenvalue weighted by Crippen LogP contribution is 2.21. The van der Waals surface area contributed by atoms with Crippen LogP contribution in [-0.2, 0) is 14.8 Å². The summed E-state index contributed by atoms with van der Waals surface area (Å²) in [4.78, 5) is 25.8. The topological polar surface area (TPSA) is 104 Å². The van der Waals surface area contributed by atoms with Gasteiger partial charge in [0, 0.05) is 10.7 Å². The summed E-state index contributed by atoms with van der Waals surface area (Å²) in [6, 6.07) is 14.8. The third-order valence-electron chi connectivity index (χ3n) is 4.49. The molecule has 1 atom stereocenters. The first-order valence-electron chi connectivity index (χ1n) is 9.69. The Bertz CT molecular complexity index is 1190. The first-order valence-corrected chi connectivity index (χ1v) is 12.4. The Hall–Kier alpha value is -2.88. The van der Waals surface area contributed by atoms with E-state index >= 15 is 0 Å². The van der Waals surface area contributed by atoms with Crippen LogP contribution in [0.2, 0.25) is 5.02 Å². The minimum absolute atomic E-state index is 0.0625. The van der Waals surface area contributed by atoms with Crippen molar-refractivity contribution in [3.63, 3.8) is 0 Å². The molecule has 0 bridgehead atoms. The van der Waals surface area contributed by atoms with Gasteiger partial charge in [-0.25, -0.2) is 8.42 Å². The highest BCUT2D eigenvalue weighted by molar-refractivity contribution is 7.92. The van der Waals surface area contributed by atoms with Crippen LogP contribution in [0.3, 0.4) is 0 Å². The number of halogens is 1. The van der Waals surface area contributed by atoms with Gasteiger partial charge in [0.2, 0.25) is 5.91 Å². The molecule has 10 heteroatoms. The first-order chi connectivity index (χ1) is 15.2. The van der Waals surface area contributed by atoms with Crippen LogP contribution in [0.4, 0.5) is 11.4 Å². The molecule has 7 nitrogen and oxygen atoms in total. The van der Waals surface area contributed by atoms with E-state index in [0.29, 0.717) is 15.6 Å². The van der Waals surface area contributed by atoms with Crippen molar-refractivity contribution < 1.29 is 18.0 Å². The molecule has 1 aromatic heterocycles. The lowest BCUT2D eigenvalue weighted by molar-refractivity contribution is -0.118. The third-order valence-corrected chi connectivity index (χ3v) is 7.00. The minimum Gasteiger partial charge on any atom is -0.339 e. The van der Waals surface area contributed by atoms with Crippen LogP contribution in [0.1, 0.15) is 23.5 Å². The summed E-state index contributed by atoms with van der Waals surface area (Å²) < 4.78 is 27.7. The van der Waals surface area contributed by atoms with Gasteiger partial charge in [0.1, 0.15) is 6.04 Å². The maximum atomic E-state index is 12.8. The summed E-state index contributed by atoms with van der Waals surface area (Å²) in [6.45, 7) is 3.66. The van der Waals surface area contributed by atoms with Crippen LogP contribution >= 0.6 is 22.9 Å². The Morgan fingerprint density at radius 2 is 1.66 bits per heavy atom. The smallest absolute Gasteiger partial charge is 0.262 e. The molecule has 0 fully saturated rings. The summed E-state index contributed by atoms with van der Waals surface area (Å²) in [5.41, 5.74) is 0.670. The van der Waals surface area contributed by atoms with Gasteiger partial charge in [0.15, 0.2) is 0 Å². The number of nitrogens with one attached hydrogen (secondary N) is 3. The molecule has 3 aromatic rings. The summed E-state index contributed by atoms with van der Waals surface area (Å²) in [5, 5.41) is 7.72. The zero-order chi connectivity index (χ0) is 23.3. The maximum Gasteiger partial charge on any atom is 0.262 e. The van der Waals surface area contributed by atoms with Crippen molar-refractivity contribution in [3.8, 4) is 0 Å². The molecular weight excluding hydrogens is 470 g/mol. The Balaban J connectivity index is 1.71. The number of anilines is 2. The van der Waals surface area contributed by atoms with Crippen molar-refractivity contribution in [1.82, 2.24) is 5.32 Å². The van der Waals surface area contributed by atoms with Crippen LogP contribution in [-0.4, -0.2) is 26.3 Å². The van der Waals surface area contributed by atoms with Gasteiger partial charge in [-0.05, 0) is 59.8 Å². The lowest BCUT2D eigenvalue weighted by Gasteiger charge is -2.21. The zero-order valence-electron chi connectivity index (χ0n) is 17.3. The highest BCUT2D eigenvalue weighted by Gasteiger charge is 2.25. The van der Waals surface area contributed by atoms with E-state index in [-0.39, 0.29) is 22.4 Å². The number of carbonyl (C=O) groups excluding carboxylic acids is 2. The lowest BCUT2D eigenvalue weighted by atomic mass is 10.0. The number of benzene rings is 2. The predicted molar refractivity (Wildman–Crippen MR) is 128 cm³/mol. The Morgan fingerprint density at radius 1 is 0.969 bits per heavy atom. The first kappa shape index (κ1) is 23.8. The number of amides is 2. The van der Waals surface area contributed by atoms with E-state index in [1.54, 1.807) is 35.7 Å². The molecule has 0 aliphatic carbocycles. The van der Waals surface area contributed by atoms with E-state index in [1.807, 2.05) is 13.8 Å². The molecule has 0 saturated heterocycles. The van der Waals surface area contributed by atoms with Crippen LogP contribution < -0.4 is 15.4 Å². The molecule has 168 valence electrons. The summed E-state index contributed by atoms with van der Waals surface area (Å²) >= 11 is 7.11. The predicted octanol–water partition coefficient (Wildman–Crippen LogP) is 4.60. The molecule has 0 radical (unpaired) electrons. The molecule has 3 N–H and O–H groups in total. The second-order valence-electron chi connectivity index (χ2n) is 7.30. The van der Waals surface area contributed by atoms with Crippen molar-refractivity contribution in [2.24, 2.45) is 5.92 Å². The molecule has 0 spiro atoms. The Labute approximate surface area is 195 Å². The van der Waals surface area contributed by atoms with E-state index in [1.165, 1.54) is 41.7 Å². The van der Waals surface area contributed by atoms with Crippen molar-refractivity contribution >= 4 is 56.2 Å². The third kappa shape index (κ3) is 6.09. The molecule has 2 amide bonds.